The molecular weight excluding hydrogens is 357 g/mol. The van der Waals surface area contributed by atoms with Gasteiger partial charge in [-0.2, -0.15) is 13.2 Å². The minimum atomic E-state index is -5.19. The van der Waals surface area contributed by atoms with Gasteiger partial charge in [0, 0.05) is 13.5 Å². The Bertz CT molecular complexity index is 710. The van der Waals surface area contributed by atoms with Gasteiger partial charge in [0.1, 0.15) is 11.6 Å². The summed E-state index contributed by atoms with van der Waals surface area (Å²) in [5.41, 5.74) is -1.86. The monoisotopic (exact) mass is 374 g/mol. The van der Waals surface area contributed by atoms with Crippen molar-refractivity contribution >= 4 is 17.8 Å². The summed E-state index contributed by atoms with van der Waals surface area (Å²) < 4.78 is 42.2. The van der Waals surface area contributed by atoms with E-state index in [1.165, 1.54) is 12.1 Å². The van der Waals surface area contributed by atoms with Crippen LogP contribution in [0.2, 0.25) is 0 Å². The van der Waals surface area contributed by atoms with Gasteiger partial charge >= 0.3 is 18.1 Å². The standard InChI is InChI=1S/C16H17F3N2O5/c1-21-11(13(23)26-2)15(25,9-6-4-3-5-7-9)8-10(12(21)22)20-14(24)16(17,18)19/h3-7,10-11,25H,8H2,1-2H3,(H,20,24)/t10-,11+,15+/m0/s1. The van der Waals surface area contributed by atoms with Crippen LogP contribution in [0.3, 0.4) is 0 Å². The highest BCUT2D eigenvalue weighted by Gasteiger charge is 2.55. The van der Waals surface area contributed by atoms with E-state index in [2.05, 4.69) is 4.74 Å². The number of esters is 1. The van der Waals surface area contributed by atoms with Crippen molar-refractivity contribution in [3.63, 3.8) is 0 Å². The summed E-state index contributed by atoms with van der Waals surface area (Å²) in [6.07, 6.45) is -5.81. The molecule has 0 spiro atoms. The Morgan fingerprint density at radius 3 is 2.38 bits per heavy atom. The predicted octanol–water partition coefficient (Wildman–Crippen LogP) is 0.325. The highest BCUT2D eigenvalue weighted by atomic mass is 19.4. The second-order valence-electron chi connectivity index (χ2n) is 5.89. The average Bonchev–Trinajstić information content (AvgIpc) is 2.59. The summed E-state index contributed by atoms with van der Waals surface area (Å²) in [7, 11) is 2.20. The molecule has 1 saturated heterocycles. The van der Waals surface area contributed by atoms with Crippen LogP contribution in [0.5, 0.6) is 0 Å². The number of methoxy groups -OCH3 is 1. The number of likely N-dealkylation sites (N-methyl/N-ethyl adjacent to an activating group) is 1. The van der Waals surface area contributed by atoms with E-state index in [0.29, 0.717) is 0 Å². The number of carbonyl (C=O) groups is 3. The maximum absolute atomic E-state index is 12.5. The number of piperidine rings is 1. The van der Waals surface area contributed by atoms with Crippen LogP contribution in [-0.2, 0) is 24.7 Å². The lowest BCUT2D eigenvalue weighted by atomic mass is 9.76. The van der Waals surface area contributed by atoms with Gasteiger partial charge in [-0.3, -0.25) is 9.59 Å². The molecule has 26 heavy (non-hydrogen) atoms. The predicted molar refractivity (Wildman–Crippen MR) is 81.5 cm³/mol. The summed E-state index contributed by atoms with van der Waals surface area (Å²) >= 11 is 0. The Kier molecular flexibility index (Phi) is 5.26. The third-order valence-corrected chi connectivity index (χ3v) is 4.26. The van der Waals surface area contributed by atoms with Crippen molar-refractivity contribution in [2.24, 2.45) is 0 Å². The Morgan fingerprint density at radius 1 is 1.31 bits per heavy atom. The molecule has 0 saturated carbocycles. The van der Waals surface area contributed by atoms with Gasteiger partial charge in [-0.25, -0.2) is 4.79 Å². The number of nitrogens with one attached hydrogen (secondary N) is 1. The Balaban J connectivity index is 2.46. The van der Waals surface area contributed by atoms with Crippen LogP contribution in [-0.4, -0.2) is 60.2 Å². The number of likely N-dealkylation sites (tertiary alicyclic amines) is 1. The lowest BCUT2D eigenvalue weighted by Gasteiger charge is -2.46. The number of rotatable bonds is 3. The number of nitrogens with zero attached hydrogens (tertiary/aromatic N) is 1. The van der Waals surface area contributed by atoms with Crippen LogP contribution in [0.15, 0.2) is 30.3 Å². The van der Waals surface area contributed by atoms with Crippen molar-refractivity contribution in [2.75, 3.05) is 14.2 Å². The molecule has 0 aromatic heterocycles. The molecule has 10 heteroatoms. The van der Waals surface area contributed by atoms with Crippen molar-refractivity contribution in [2.45, 2.75) is 30.3 Å². The molecule has 142 valence electrons. The van der Waals surface area contributed by atoms with Crippen LogP contribution in [0.25, 0.3) is 0 Å². The lowest BCUT2D eigenvalue weighted by Crippen LogP contribution is -2.67. The number of ether oxygens (including phenoxy) is 1. The maximum atomic E-state index is 12.5. The van der Waals surface area contributed by atoms with Crippen LogP contribution in [0.1, 0.15) is 12.0 Å². The molecule has 7 nitrogen and oxygen atoms in total. The third-order valence-electron chi connectivity index (χ3n) is 4.26. The van der Waals surface area contributed by atoms with Gasteiger partial charge in [-0.05, 0) is 5.56 Å². The van der Waals surface area contributed by atoms with E-state index in [1.807, 2.05) is 0 Å². The van der Waals surface area contributed by atoms with Gasteiger partial charge in [0.25, 0.3) is 0 Å². The van der Waals surface area contributed by atoms with E-state index >= 15 is 0 Å². The fourth-order valence-electron chi connectivity index (χ4n) is 3.02. The van der Waals surface area contributed by atoms with E-state index < -0.39 is 48.1 Å². The number of carbonyl (C=O) groups excluding carboxylic acids is 3. The molecule has 2 rings (SSSR count). The number of aliphatic hydroxyl groups is 1. The average molecular weight is 374 g/mol. The van der Waals surface area contributed by atoms with Gasteiger partial charge < -0.3 is 20.1 Å². The second-order valence-corrected chi connectivity index (χ2v) is 5.89. The van der Waals surface area contributed by atoms with Crippen LogP contribution >= 0.6 is 0 Å². The molecule has 0 radical (unpaired) electrons. The first kappa shape index (κ1) is 19.7. The molecule has 1 heterocycles. The van der Waals surface area contributed by atoms with Gasteiger partial charge in [-0.15, -0.1) is 0 Å². The minimum absolute atomic E-state index is 0.195. The highest BCUT2D eigenvalue weighted by Crippen LogP contribution is 2.38. The fraction of sp³-hybridized carbons (Fsp3) is 0.438. The third kappa shape index (κ3) is 3.50. The number of amides is 2. The summed E-state index contributed by atoms with van der Waals surface area (Å²) in [6, 6.07) is 4.52. The number of halogens is 3. The Morgan fingerprint density at radius 2 is 1.88 bits per heavy atom. The zero-order valence-corrected chi connectivity index (χ0v) is 13.9. The van der Waals surface area contributed by atoms with E-state index in [9.17, 15) is 32.7 Å². The highest BCUT2D eigenvalue weighted by molar-refractivity contribution is 5.94. The number of hydrogen-bond donors (Lipinski definition) is 2. The van der Waals surface area contributed by atoms with Crippen molar-refractivity contribution in [3.05, 3.63) is 35.9 Å². The number of hydrogen-bond acceptors (Lipinski definition) is 5. The summed E-state index contributed by atoms with van der Waals surface area (Å²) in [5, 5.41) is 12.7. The molecule has 0 bridgehead atoms. The largest absolute Gasteiger partial charge is 0.471 e. The SMILES string of the molecule is COC(=O)[C@H]1N(C)C(=O)[C@@H](NC(=O)C(F)(F)F)C[C@@]1(O)c1ccccc1. The molecule has 0 unspecified atom stereocenters. The first-order valence-corrected chi connectivity index (χ1v) is 7.52. The van der Waals surface area contributed by atoms with Crippen molar-refractivity contribution < 1.29 is 37.4 Å². The molecule has 1 aromatic rings. The zero-order valence-electron chi connectivity index (χ0n) is 13.9. The van der Waals surface area contributed by atoms with Crippen molar-refractivity contribution in [1.29, 1.82) is 0 Å². The van der Waals surface area contributed by atoms with E-state index in [0.717, 1.165) is 19.1 Å². The first-order chi connectivity index (χ1) is 12.0. The molecule has 1 fully saturated rings. The molecule has 3 atom stereocenters. The smallest absolute Gasteiger partial charge is 0.467 e. The van der Waals surface area contributed by atoms with Crippen LogP contribution in [0, 0.1) is 0 Å². The summed E-state index contributed by atoms with van der Waals surface area (Å²) in [6.45, 7) is 0. The fourth-order valence-corrected chi connectivity index (χ4v) is 3.02. The van der Waals surface area contributed by atoms with Crippen molar-refractivity contribution in [1.82, 2.24) is 10.2 Å². The topological polar surface area (TPSA) is 95.9 Å². The maximum Gasteiger partial charge on any atom is 0.471 e. The minimum Gasteiger partial charge on any atom is -0.467 e. The summed E-state index contributed by atoms with van der Waals surface area (Å²) in [5.74, 6) is -4.19. The van der Waals surface area contributed by atoms with Crippen LogP contribution < -0.4 is 5.32 Å². The van der Waals surface area contributed by atoms with E-state index in [-0.39, 0.29) is 5.56 Å². The first-order valence-electron chi connectivity index (χ1n) is 7.52. The van der Waals surface area contributed by atoms with Gasteiger partial charge in [0.15, 0.2) is 6.04 Å². The molecule has 1 aliphatic heterocycles. The quantitative estimate of drug-likeness (QED) is 0.744. The Hall–Kier alpha value is -2.62. The molecule has 1 aliphatic rings. The molecule has 0 aliphatic carbocycles. The van der Waals surface area contributed by atoms with E-state index in [4.69, 9.17) is 0 Å². The van der Waals surface area contributed by atoms with E-state index in [1.54, 1.807) is 23.5 Å². The van der Waals surface area contributed by atoms with Gasteiger partial charge in [-0.1, -0.05) is 30.3 Å². The lowest BCUT2D eigenvalue weighted by molar-refractivity contribution is -0.183. The Labute approximate surface area is 146 Å². The number of benzene rings is 1. The normalized spacial score (nSPS) is 26.4. The molecule has 2 N–H and O–H groups in total. The van der Waals surface area contributed by atoms with Gasteiger partial charge in [0.2, 0.25) is 5.91 Å². The molecular formula is C16H17F3N2O5. The second kappa shape index (κ2) is 6.94. The number of alkyl halides is 3. The molecule has 1 aromatic carbocycles. The summed E-state index contributed by atoms with van der Waals surface area (Å²) in [4.78, 5) is 36.5. The zero-order chi connectivity index (χ0) is 19.7. The van der Waals surface area contributed by atoms with Crippen LogP contribution in [0.4, 0.5) is 13.2 Å². The van der Waals surface area contributed by atoms with Crippen molar-refractivity contribution in [3.8, 4) is 0 Å². The van der Waals surface area contributed by atoms with Gasteiger partial charge in [0.05, 0.1) is 7.11 Å². The molecule has 2 amide bonds.